The first-order valence-electron chi connectivity index (χ1n) is 6.42. The Morgan fingerprint density at radius 2 is 1.95 bits per heavy atom. The summed E-state index contributed by atoms with van der Waals surface area (Å²) in [7, 11) is -1.13. The summed E-state index contributed by atoms with van der Waals surface area (Å²) in [5.41, 5.74) is 0. The number of carbonyl (C=O) groups excluding carboxylic acids is 1. The summed E-state index contributed by atoms with van der Waals surface area (Å²) >= 11 is 0.822. The molecular formula is C12H21ClN2O5S2. The molecule has 0 aliphatic rings. The van der Waals surface area contributed by atoms with Crippen LogP contribution in [0, 0.1) is 0 Å². The molecule has 0 saturated heterocycles. The molecule has 22 heavy (non-hydrogen) atoms. The minimum Gasteiger partial charge on any atom is -0.494 e. The van der Waals surface area contributed by atoms with Crippen molar-refractivity contribution in [1.29, 1.82) is 0 Å². The second kappa shape index (κ2) is 10.0. The third-order valence-corrected chi connectivity index (χ3v) is 5.61. The maximum absolute atomic E-state index is 12.2. The van der Waals surface area contributed by atoms with Gasteiger partial charge in [0, 0.05) is 19.2 Å². The maximum Gasteiger partial charge on any atom is 0.348 e. The number of ether oxygens (including phenoxy) is 2. The number of rotatable bonds is 9. The SMILES string of the molecule is CCCNCCNS(=O)(=O)c1sc(C(=O)OC)cc1OC.Cl. The first-order valence-corrected chi connectivity index (χ1v) is 8.72. The van der Waals surface area contributed by atoms with E-state index in [4.69, 9.17) is 4.74 Å². The number of methoxy groups -OCH3 is 2. The molecule has 0 bridgehead atoms. The number of thiophene rings is 1. The van der Waals surface area contributed by atoms with Gasteiger partial charge in [0.25, 0.3) is 10.0 Å². The molecule has 0 aliphatic heterocycles. The molecule has 0 spiro atoms. The number of esters is 1. The quantitative estimate of drug-likeness (QED) is 0.500. The van der Waals surface area contributed by atoms with E-state index in [1.165, 1.54) is 20.3 Å². The van der Waals surface area contributed by atoms with Crippen molar-refractivity contribution in [2.45, 2.75) is 17.6 Å². The van der Waals surface area contributed by atoms with Crippen molar-refractivity contribution in [2.75, 3.05) is 33.9 Å². The van der Waals surface area contributed by atoms with Crippen molar-refractivity contribution in [1.82, 2.24) is 10.0 Å². The Morgan fingerprint density at radius 3 is 2.50 bits per heavy atom. The van der Waals surface area contributed by atoms with Crippen LogP contribution >= 0.6 is 23.7 Å². The Balaban J connectivity index is 0.00000441. The fourth-order valence-corrected chi connectivity index (χ4v) is 4.10. The molecule has 0 aliphatic carbocycles. The summed E-state index contributed by atoms with van der Waals surface area (Å²) in [6.45, 7) is 3.65. The van der Waals surface area contributed by atoms with Gasteiger partial charge in [0.05, 0.1) is 14.2 Å². The van der Waals surface area contributed by atoms with Gasteiger partial charge in [-0.2, -0.15) is 0 Å². The van der Waals surface area contributed by atoms with E-state index in [1.807, 2.05) is 6.92 Å². The predicted octanol–water partition coefficient (Wildman–Crippen LogP) is 1.24. The molecule has 0 atom stereocenters. The summed E-state index contributed by atoms with van der Waals surface area (Å²) in [5, 5.41) is 3.09. The zero-order chi connectivity index (χ0) is 15.9. The number of sulfonamides is 1. The average Bonchev–Trinajstić information content (AvgIpc) is 2.91. The first-order chi connectivity index (χ1) is 9.96. The zero-order valence-corrected chi connectivity index (χ0v) is 15.1. The standard InChI is InChI=1S/C12H20N2O5S2.ClH/c1-4-5-13-6-7-14-21(16,17)12-9(18-2)8-10(20-12)11(15)19-3;/h8,13-14H,4-7H2,1-3H3;1H. The van der Waals surface area contributed by atoms with E-state index < -0.39 is 16.0 Å². The number of hydrogen-bond acceptors (Lipinski definition) is 7. The van der Waals surface area contributed by atoms with E-state index in [0.29, 0.717) is 6.54 Å². The van der Waals surface area contributed by atoms with Crippen LogP contribution in [0.1, 0.15) is 23.0 Å². The molecule has 0 unspecified atom stereocenters. The Bertz CT molecular complexity index is 574. The van der Waals surface area contributed by atoms with Crippen LogP contribution < -0.4 is 14.8 Å². The van der Waals surface area contributed by atoms with Gasteiger partial charge in [-0.25, -0.2) is 17.9 Å². The number of nitrogens with one attached hydrogen (secondary N) is 2. The summed E-state index contributed by atoms with van der Waals surface area (Å²) < 4.78 is 36.5. The molecule has 7 nitrogen and oxygen atoms in total. The molecule has 0 saturated carbocycles. The molecule has 2 N–H and O–H groups in total. The maximum atomic E-state index is 12.2. The first kappa shape index (κ1) is 21.1. The highest BCUT2D eigenvalue weighted by Gasteiger charge is 2.25. The second-order valence-corrected chi connectivity index (χ2v) is 7.12. The van der Waals surface area contributed by atoms with Crippen molar-refractivity contribution in [3.05, 3.63) is 10.9 Å². The molecule has 1 aromatic heterocycles. The number of halogens is 1. The minimum atomic E-state index is -3.72. The molecule has 0 fully saturated rings. The highest BCUT2D eigenvalue weighted by atomic mass is 35.5. The van der Waals surface area contributed by atoms with E-state index in [0.717, 1.165) is 24.3 Å². The van der Waals surface area contributed by atoms with Crippen LogP contribution in [-0.2, 0) is 14.8 Å². The third kappa shape index (κ3) is 5.73. The summed E-state index contributed by atoms with van der Waals surface area (Å²) in [6.07, 6.45) is 0.980. The molecule has 128 valence electrons. The Labute approximate surface area is 140 Å². The molecule has 1 aromatic rings. The van der Waals surface area contributed by atoms with Gasteiger partial charge in [0.2, 0.25) is 0 Å². The fraction of sp³-hybridized carbons (Fsp3) is 0.583. The highest BCUT2D eigenvalue weighted by Crippen LogP contribution is 2.33. The summed E-state index contributed by atoms with van der Waals surface area (Å²) in [5.74, 6) is -0.459. The van der Waals surface area contributed by atoms with Gasteiger partial charge in [0.1, 0.15) is 4.88 Å². The highest BCUT2D eigenvalue weighted by molar-refractivity contribution is 7.91. The average molecular weight is 373 g/mol. The van der Waals surface area contributed by atoms with Crippen LogP contribution in [0.3, 0.4) is 0 Å². The van der Waals surface area contributed by atoms with Crippen molar-refractivity contribution >= 4 is 39.7 Å². The summed E-state index contributed by atoms with van der Waals surface area (Å²) in [4.78, 5) is 11.6. The van der Waals surface area contributed by atoms with Gasteiger partial charge in [-0.15, -0.1) is 23.7 Å². The largest absolute Gasteiger partial charge is 0.494 e. The Hall–Kier alpha value is -0.870. The molecule has 1 heterocycles. The predicted molar refractivity (Wildman–Crippen MR) is 87.8 cm³/mol. The number of carbonyl (C=O) groups is 1. The van der Waals surface area contributed by atoms with E-state index in [9.17, 15) is 13.2 Å². The van der Waals surface area contributed by atoms with Crippen LogP contribution in [0.2, 0.25) is 0 Å². The van der Waals surface area contributed by atoms with Gasteiger partial charge in [-0.1, -0.05) is 6.92 Å². The lowest BCUT2D eigenvalue weighted by Crippen LogP contribution is -2.31. The number of hydrogen-bond donors (Lipinski definition) is 2. The van der Waals surface area contributed by atoms with Crippen molar-refractivity contribution in [3.63, 3.8) is 0 Å². The van der Waals surface area contributed by atoms with Crippen LogP contribution in [0.15, 0.2) is 10.3 Å². The Kier molecular flexibility index (Phi) is 9.61. The molecule has 10 heteroatoms. The molecule has 1 rings (SSSR count). The van der Waals surface area contributed by atoms with E-state index in [1.54, 1.807) is 0 Å². The third-order valence-electron chi connectivity index (χ3n) is 2.54. The van der Waals surface area contributed by atoms with E-state index >= 15 is 0 Å². The van der Waals surface area contributed by atoms with Crippen LogP contribution in [0.4, 0.5) is 0 Å². The Morgan fingerprint density at radius 1 is 1.27 bits per heavy atom. The van der Waals surface area contributed by atoms with E-state index in [2.05, 4.69) is 14.8 Å². The van der Waals surface area contributed by atoms with Crippen molar-refractivity contribution in [3.8, 4) is 5.75 Å². The lowest BCUT2D eigenvalue weighted by molar-refractivity contribution is 0.0606. The fourth-order valence-electron chi connectivity index (χ4n) is 1.53. The molecule has 0 radical (unpaired) electrons. The summed E-state index contributed by atoms with van der Waals surface area (Å²) in [6, 6.07) is 1.36. The molecular weight excluding hydrogens is 352 g/mol. The monoisotopic (exact) mass is 372 g/mol. The van der Waals surface area contributed by atoms with Crippen molar-refractivity contribution < 1.29 is 22.7 Å². The van der Waals surface area contributed by atoms with Crippen molar-refractivity contribution in [2.24, 2.45) is 0 Å². The molecule has 0 aromatic carbocycles. The van der Waals surface area contributed by atoms with Crippen LogP contribution in [0.25, 0.3) is 0 Å². The molecule has 0 amide bonds. The second-order valence-electron chi connectivity index (χ2n) is 4.11. The van der Waals surface area contributed by atoms with Gasteiger partial charge in [0.15, 0.2) is 9.96 Å². The van der Waals surface area contributed by atoms with Gasteiger partial charge in [-0.05, 0) is 13.0 Å². The minimum absolute atomic E-state index is 0. The smallest absolute Gasteiger partial charge is 0.348 e. The topological polar surface area (TPSA) is 93.7 Å². The van der Waals surface area contributed by atoms with E-state index in [-0.39, 0.29) is 33.8 Å². The lowest BCUT2D eigenvalue weighted by Gasteiger charge is -2.07. The lowest BCUT2D eigenvalue weighted by atomic mass is 10.4. The van der Waals surface area contributed by atoms with Crippen LogP contribution in [-0.4, -0.2) is 48.2 Å². The zero-order valence-electron chi connectivity index (χ0n) is 12.7. The normalized spacial score (nSPS) is 10.9. The van der Waals surface area contributed by atoms with Gasteiger partial charge in [-0.3, -0.25) is 0 Å². The van der Waals surface area contributed by atoms with Gasteiger partial charge < -0.3 is 14.8 Å². The van der Waals surface area contributed by atoms with Gasteiger partial charge >= 0.3 is 5.97 Å². The van der Waals surface area contributed by atoms with Crippen LogP contribution in [0.5, 0.6) is 5.75 Å².